The van der Waals surface area contributed by atoms with E-state index in [1.807, 2.05) is 39.0 Å². The SMILES string of the molecule is CCOC(=O)c1c(C)[nH]c(/C=C2/C(=O)NN=C2C(C)c2ccccn2)c1C. The number of carbonyl (C=O) groups is 2. The number of hydrogen-bond donors (Lipinski definition) is 2. The first-order valence-corrected chi connectivity index (χ1v) is 8.81. The number of nitrogens with zero attached hydrogens (tertiary/aromatic N) is 2. The van der Waals surface area contributed by atoms with Gasteiger partial charge in [-0.1, -0.05) is 13.0 Å². The molecule has 0 aliphatic carbocycles. The summed E-state index contributed by atoms with van der Waals surface area (Å²) in [7, 11) is 0. The second-order valence-electron chi connectivity index (χ2n) is 6.36. The number of nitrogens with one attached hydrogen (secondary N) is 2. The lowest BCUT2D eigenvalue weighted by atomic mass is 9.94. The number of esters is 1. The van der Waals surface area contributed by atoms with Gasteiger partial charge >= 0.3 is 5.97 Å². The standard InChI is InChI=1S/C20H22N4O3/c1-5-27-20(26)17-11(2)16(22-13(17)4)10-14-18(23-24-19(14)25)12(3)15-8-6-7-9-21-15/h6-10,12,22H,5H2,1-4H3,(H,24,25)/b14-10+. The molecule has 27 heavy (non-hydrogen) atoms. The third kappa shape index (κ3) is 3.53. The van der Waals surface area contributed by atoms with Crippen LogP contribution in [0.5, 0.6) is 0 Å². The molecule has 7 heteroatoms. The molecule has 2 aromatic heterocycles. The van der Waals surface area contributed by atoms with E-state index < -0.39 is 0 Å². The van der Waals surface area contributed by atoms with Gasteiger partial charge in [-0.2, -0.15) is 5.10 Å². The number of aryl methyl sites for hydroxylation is 1. The minimum Gasteiger partial charge on any atom is -0.462 e. The molecule has 1 aliphatic rings. The summed E-state index contributed by atoms with van der Waals surface area (Å²) in [6.07, 6.45) is 3.44. The molecule has 3 heterocycles. The molecule has 1 unspecified atom stereocenters. The van der Waals surface area contributed by atoms with Crippen molar-refractivity contribution in [3.63, 3.8) is 0 Å². The topological polar surface area (TPSA) is 96.4 Å². The molecule has 0 aromatic carbocycles. The fourth-order valence-electron chi connectivity index (χ4n) is 3.16. The Morgan fingerprint density at radius 2 is 2.11 bits per heavy atom. The van der Waals surface area contributed by atoms with Gasteiger partial charge in [0.2, 0.25) is 0 Å². The fraction of sp³-hybridized carbons (Fsp3) is 0.300. The molecule has 140 valence electrons. The quantitative estimate of drug-likeness (QED) is 0.628. The van der Waals surface area contributed by atoms with Gasteiger partial charge in [0.1, 0.15) is 0 Å². The molecule has 0 spiro atoms. The van der Waals surface area contributed by atoms with Crippen LogP contribution in [0.1, 0.15) is 52.8 Å². The average molecular weight is 366 g/mol. The number of hydrazone groups is 1. The van der Waals surface area contributed by atoms with Crippen LogP contribution in [-0.4, -0.2) is 34.2 Å². The second kappa shape index (κ2) is 7.57. The number of carbonyl (C=O) groups excluding carboxylic acids is 2. The van der Waals surface area contributed by atoms with Crippen LogP contribution in [0.15, 0.2) is 35.1 Å². The monoisotopic (exact) mass is 366 g/mol. The number of amides is 1. The summed E-state index contributed by atoms with van der Waals surface area (Å²) >= 11 is 0. The molecular weight excluding hydrogens is 344 g/mol. The number of hydrogen-bond acceptors (Lipinski definition) is 5. The Labute approximate surface area is 157 Å². The predicted molar refractivity (Wildman–Crippen MR) is 102 cm³/mol. The third-order valence-electron chi connectivity index (χ3n) is 4.58. The highest BCUT2D eigenvalue weighted by atomic mass is 16.5. The zero-order valence-corrected chi connectivity index (χ0v) is 15.8. The van der Waals surface area contributed by atoms with Gasteiger partial charge in [0, 0.05) is 29.2 Å². The first kappa shape index (κ1) is 18.6. The average Bonchev–Trinajstić information content (AvgIpc) is 3.15. The Kier molecular flexibility index (Phi) is 5.21. The highest BCUT2D eigenvalue weighted by Gasteiger charge is 2.29. The molecule has 1 aliphatic heterocycles. The van der Waals surface area contributed by atoms with Gasteiger partial charge in [-0.25, -0.2) is 10.2 Å². The van der Waals surface area contributed by atoms with E-state index in [-0.39, 0.29) is 17.8 Å². The van der Waals surface area contributed by atoms with Crippen LogP contribution >= 0.6 is 0 Å². The maximum Gasteiger partial charge on any atom is 0.340 e. The molecule has 0 radical (unpaired) electrons. The molecule has 0 saturated carbocycles. The van der Waals surface area contributed by atoms with Crippen molar-refractivity contribution in [3.8, 4) is 0 Å². The van der Waals surface area contributed by atoms with E-state index in [1.165, 1.54) is 0 Å². The molecule has 7 nitrogen and oxygen atoms in total. The van der Waals surface area contributed by atoms with Crippen LogP contribution in [-0.2, 0) is 9.53 Å². The van der Waals surface area contributed by atoms with E-state index in [0.717, 1.165) is 11.3 Å². The third-order valence-corrected chi connectivity index (χ3v) is 4.58. The van der Waals surface area contributed by atoms with Gasteiger partial charge in [0.05, 0.1) is 23.5 Å². The first-order chi connectivity index (χ1) is 12.9. The Balaban J connectivity index is 1.98. The fourth-order valence-corrected chi connectivity index (χ4v) is 3.16. The van der Waals surface area contributed by atoms with Gasteiger partial charge in [-0.05, 0) is 44.5 Å². The number of pyridine rings is 1. The highest BCUT2D eigenvalue weighted by Crippen LogP contribution is 2.26. The predicted octanol–water partition coefficient (Wildman–Crippen LogP) is 2.88. The molecule has 0 saturated heterocycles. The lowest BCUT2D eigenvalue weighted by molar-refractivity contribution is -0.116. The molecular formula is C20H22N4O3. The largest absolute Gasteiger partial charge is 0.462 e. The van der Waals surface area contributed by atoms with E-state index in [0.29, 0.717) is 34.8 Å². The van der Waals surface area contributed by atoms with Crippen molar-refractivity contribution in [1.82, 2.24) is 15.4 Å². The zero-order valence-electron chi connectivity index (χ0n) is 15.8. The van der Waals surface area contributed by atoms with Gasteiger partial charge in [-0.3, -0.25) is 9.78 Å². The minimum atomic E-state index is -0.375. The number of ether oxygens (including phenoxy) is 1. The van der Waals surface area contributed by atoms with Gasteiger partial charge in [0.25, 0.3) is 5.91 Å². The zero-order chi connectivity index (χ0) is 19.6. The van der Waals surface area contributed by atoms with E-state index >= 15 is 0 Å². The Morgan fingerprint density at radius 1 is 1.33 bits per heavy atom. The maximum absolute atomic E-state index is 12.3. The second-order valence-corrected chi connectivity index (χ2v) is 6.36. The lowest BCUT2D eigenvalue weighted by Gasteiger charge is -2.10. The van der Waals surface area contributed by atoms with Crippen molar-refractivity contribution in [2.45, 2.75) is 33.6 Å². The summed E-state index contributed by atoms with van der Waals surface area (Å²) < 4.78 is 5.12. The summed E-state index contributed by atoms with van der Waals surface area (Å²) in [5, 5.41) is 4.20. The lowest BCUT2D eigenvalue weighted by Crippen LogP contribution is -2.16. The Morgan fingerprint density at radius 3 is 2.78 bits per heavy atom. The van der Waals surface area contributed by atoms with Crippen molar-refractivity contribution in [1.29, 1.82) is 0 Å². The molecule has 0 bridgehead atoms. The van der Waals surface area contributed by atoms with Crippen molar-refractivity contribution < 1.29 is 14.3 Å². The summed E-state index contributed by atoms with van der Waals surface area (Å²) in [4.78, 5) is 32.1. The molecule has 1 atom stereocenters. The van der Waals surface area contributed by atoms with Crippen LogP contribution in [0.4, 0.5) is 0 Å². The maximum atomic E-state index is 12.3. The summed E-state index contributed by atoms with van der Waals surface area (Å²) in [5.41, 5.74) is 7.03. The smallest absolute Gasteiger partial charge is 0.340 e. The number of aromatic amines is 1. The molecule has 0 fully saturated rings. The Hall–Kier alpha value is -3.22. The summed E-state index contributed by atoms with van der Waals surface area (Å²) in [5.74, 6) is -0.811. The first-order valence-electron chi connectivity index (χ1n) is 8.81. The van der Waals surface area contributed by atoms with Gasteiger partial charge < -0.3 is 9.72 Å². The van der Waals surface area contributed by atoms with Crippen LogP contribution in [0.2, 0.25) is 0 Å². The number of H-pyrrole nitrogens is 1. The number of rotatable bonds is 5. The van der Waals surface area contributed by atoms with Gasteiger partial charge in [0.15, 0.2) is 0 Å². The minimum absolute atomic E-state index is 0.155. The van der Waals surface area contributed by atoms with E-state index in [2.05, 4.69) is 20.5 Å². The molecule has 2 N–H and O–H groups in total. The van der Waals surface area contributed by atoms with E-state index in [1.54, 1.807) is 19.2 Å². The van der Waals surface area contributed by atoms with Gasteiger partial charge in [-0.15, -0.1) is 0 Å². The normalized spacial score (nSPS) is 16.2. The Bertz CT molecular complexity index is 942. The van der Waals surface area contributed by atoms with Crippen LogP contribution in [0.25, 0.3) is 6.08 Å². The molecule has 3 rings (SSSR count). The van der Waals surface area contributed by atoms with E-state index in [4.69, 9.17) is 4.74 Å². The van der Waals surface area contributed by atoms with Crippen molar-refractivity contribution in [3.05, 3.63) is 58.2 Å². The van der Waals surface area contributed by atoms with Crippen LogP contribution in [0, 0.1) is 13.8 Å². The van der Waals surface area contributed by atoms with Crippen molar-refractivity contribution in [2.75, 3.05) is 6.61 Å². The highest BCUT2D eigenvalue weighted by molar-refractivity contribution is 6.29. The van der Waals surface area contributed by atoms with Crippen LogP contribution in [0.3, 0.4) is 0 Å². The van der Waals surface area contributed by atoms with E-state index in [9.17, 15) is 9.59 Å². The summed E-state index contributed by atoms with van der Waals surface area (Å²) in [6.45, 7) is 7.66. The van der Waals surface area contributed by atoms with Crippen molar-refractivity contribution in [2.24, 2.45) is 5.10 Å². The molecule has 1 amide bonds. The van der Waals surface area contributed by atoms with Crippen molar-refractivity contribution >= 4 is 23.7 Å². The van der Waals surface area contributed by atoms with Crippen LogP contribution < -0.4 is 5.43 Å². The number of aromatic nitrogens is 2. The summed E-state index contributed by atoms with van der Waals surface area (Å²) in [6, 6.07) is 5.64. The molecule has 2 aromatic rings.